The highest BCUT2D eigenvalue weighted by atomic mass is 31.1. The van der Waals surface area contributed by atoms with E-state index in [4.69, 9.17) is 19.8 Å². The molecule has 0 saturated carbocycles. The standard InChI is InChI=1S/C2H3N.H3O3P/c1-2-3;1-4(2)3/h3H,1H2;4H,(H2,1,2,3). The molecule has 0 atom stereocenters. The molecule has 0 aromatic carbocycles. The maximum absolute atomic E-state index is 8.74. The van der Waals surface area contributed by atoms with Crippen molar-refractivity contribution in [1.82, 2.24) is 0 Å². The molecular formula is C2H6NO3P. The van der Waals surface area contributed by atoms with Crippen LogP contribution in [-0.4, -0.2) is 15.7 Å². The monoisotopic (exact) mass is 123 g/mol. The summed E-state index contributed by atoms with van der Waals surface area (Å²) in [6, 6.07) is 0. The van der Waals surface area contributed by atoms with Crippen LogP contribution in [-0.2, 0) is 4.57 Å². The largest absolute Gasteiger partial charge is 0.326 e. The highest BCUT2D eigenvalue weighted by Crippen LogP contribution is 1.98. The summed E-state index contributed by atoms with van der Waals surface area (Å²) < 4.78 is 8.74. The van der Waals surface area contributed by atoms with Crippen molar-refractivity contribution in [2.45, 2.75) is 0 Å². The molecule has 0 unspecified atom stereocenters. The molecule has 0 amide bonds. The van der Waals surface area contributed by atoms with Crippen LogP contribution in [0.3, 0.4) is 0 Å². The van der Waals surface area contributed by atoms with Gasteiger partial charge in [0.05, 0.1) is 0 Å². The summed E-state index contributed by atoms with van der Waals surface area (Å²) in [7, 11) is -3.13. The van der Waals surface area contributed by atoms with Crippen LogP contribution in [0, 0.1) is 5.41 Å². The molecule has 0 fully saturated rings. The Balaban J connectivity index is 0. The summed E-state index contributed by atoms with van der Waals surface area (Å²) in [6.07, 6.45) is 0. The third kappa shape index (κ3) is 454. The molecule has 0 rings (SSSR count). The van der Waals surface area contributed by atoms with Gasteiger partial charge in [-0.05, 0) is 12.4 Å². The van der Waals surface area contributed by atoms with E-state index in [9.17, 15) is 0 Å². The Morgan fingerprint density at radius 3 is 1.71 bits per heavy atom. The molecular weight excluding hydrogens is 117 g/mol. The van der Waals surface area contributed by atoms with E-state index in [2.05, 4.69) is 6.58 Å². The molecule has 3 N–H and O–H groups in total. The van der Waals surface area contributed by atoms with Crippen LogP contribution in [0.1, 0.15) is 0 Å². The minimum Gasteiger partial charge on any atom is -0.326 e. The first-order chi connectivity index (χ1) is 3.15. The molecule has 0 bridgehead atoms. The van der Waals surface area contributed by atoms with Gasteiger partial charge in [0.2, 0.25) is 0 Å². The van der Waals surface area contributed by atoms with E-state index in [-0.39, 0.29) is 0 Å². The predicted octanol–water partition coefficient (Wildman–Crippen LogP) is -0.218. The number of nitrogens with one attached hydrogen (secondary N) is 1. The van der Waals surface area contributed by atoms with Crippen molar-refractivity contribution in [3.63, 3.8) is 0 Å². The van der Waals surface area contributed by atoms with E-state index < -0.39 is 8.25 Å². The fourth-order valence-corrected chi connectivity index (χ4v) is 0. The van der Waals surface area contributed by atoms with Gasteiger partial charge in [-0.15, -0.1) is 0 Å². The minimum atomic E-state index is -3.13. The Kier molecular flexibility index (Phi) is 12.8. The molecule has 0 saturated heterocycles. The van der Waals surface area contributed by atoms with Gasteiger partial charge in [0.1, 0.15) is 0 Å². The van der Waals surface area contributed by atoms with Crippen LogP contribution < -0.4 is 0 Å². The molecule has 0 aromatic rings. The highest BCUT2D eigenvalue weighted by Gasteiger charge is 1.61. The first-order valence-corrected chi connectivity index (χ1v) is 2.56. The average Bonchev–Trinajstić information content (AvgIpc) is 1.33. The first kappa shape index (κ1) is 9.78. The van der Waals surface area contributed by atoms with Crippen LogP contribution in [0.5, 0.6) is 0 Å². The number of hydrogen-bond donors (Lipinski definition) is 3. The van der Waals surface area contributed by atoms with Gasteiger partial charge in [-0.1, -0.05) is 0 Å². The van der Waals surface area contributed by atoms with Crippen LogP contribution >= 0.6 is 8.25 Å². The summed E-state index contributed by atoms with van der Waals surface area (Å²) in [5.74, 6) is 1.75. The van der Waals surface area contributed by atoms with Crippen LogP contribution in [0.15, 0.2) is 6.58 Å². The summed E-state index contributed by atoms with van der Waals surface area (Å²) in [5.41, 5.74) is 0. The second kappa shape index (κ2) is 9.14. The van der Waals surface area contributed by atoms with Crippen LogP contribution in [0.2, 0.25) is 0 Å². The fourth-order valence-electron chi connectivity index (χ4n) is 0. The van der Waals surface area contributed by atoms with Crippen molar-refractivity contribution in [2.75, 3.05) is 0 Å². The lowest BCUT2D eigenvalue weighted by Gasteiger charge is -1.61. The van der Waals surface area contributed by atoms with Gasteiger partial charge in [-0.2, -0.15) is 0 Å². The lowest BCUT2D eigenvalue weighted by Crippen LogP contribution is -1.38. The molecule has 0 radical (unpaired) electrons. The Hall–Kier alpha value is -0.400. The fraction of sp³-hybridized carbons (Fsp3) is 0. The van der Waals surface area contributed by atoms with Crippen molar-refractivity contribution < 1.29 is 14.4 Å². The summed E-state index contributed by atoms with van der Waals surface area (Å²) in [6.45, 7) is 2.90. The second-order valence-corrected chi connectivity index (χ2v) is 1.02. The van der Waals surface area contributed by atoms with E-state index in [1.807, 2.05) is 0 Å². The molecule has 0 heterocycles. The second-order valence-electron chi connectivity index (χ2n) is 0.459. The lowest BCUT2D eigenvalue weighted by atomic mass is 11.2. The minimum absolute atomic E-state index is 1.75. The summed E-state index contributed by atoms with van der Waals surface area (Å²) in [4.78, 5) is 14.3. The van der Waals surface area contributed by atoms with Gasteiger partial charge in [0, 0.05) is 0 Å². The van der Waals surface area contributed by atoms with E-state index >= 15 is 0 Å². The van der Waals surface area contributed by atoms with Gasteiger partial charge in [0.25, 0.3) is 0 Å². The summed E-state index contributed by atoms with van der Waals surface area (Å²) >= 11 is 0. The molecule has 42 valence electrons. The zero-order chi connectivity index (χ0) is 6.28. The maximum Gasteiger partial charge on any atom is 0.314 e. The quantitative estimate of drug-likeness (QED) is 0.307. The molecule has 0 aliphatic rings. The lowest BCUT2D eigenvalue weighted by molar-refractivity contribution is 0.405. The average molecular weight is 123 g/mol. The zero-order valence-electron chi connectivity index (χ0n) is 3.51. The van der Waals surface area contributed by atoms with Gasteiger partial charge in [0.15, 0.2) is 0 Å². The van der Waals surface area contributed by atoms with Crippen LogP contribution in [0.25, 0.3) is 0 Å². The molecule has 0 aromatic heterocycles. The SMILES string of the molecule is C=C=N.O=[PH](O)O. The smallest absolute Gasteiger partial charge is 0.314 e. The van der Waals surface area contributed by atoms with Gasteiger partial charge < -0.3 is 9.79 Å². The summed E-state index contributed by atoms with van der Waals surface area (Å²) in [5, 5.41) is 5.85. The topological polar surface area (TPSA) is 81.4 Å². The molecule has 7 heavy (non-hydrogen) atoms. The van der Waals surface area contributed by atoms with E-state index in [0.29, 0.717) is 0 Å². The van der Waals surface area contributed by atoms with Gasteiger partial charge in [-0.25, -0.2) is 0 Å². The van der Waals surface area contributed by atoms with Crippen molar-refractivity contribution in [3.8, 4) is 0 Å². The van der Waals surface area contributed by atoms with Crippen molar-refractivity contribution in [3.05, 3.63) is 6.58 Å². The van der Waals surface area contributed by atoms with Crippen molar-refractivity contribution in [2.24, 2.45) is 0 Å². The normalized spacial score (nSPS) is 6.14. The maximum atomic E-state index is 8.74. The van der Waals surface area contributed by atoms with Crippen molar-refractivity contribution >= 4 is 14.1 Å². The molecule has 5 heteroatoms. The van der Waals surface area contributed by atoms with E-state index in [1.54, 1.807) is 5.87 Å². The van der Waals surface area contributed by atoms with Gasteiger partial charge in [-0.3, -0.25) is 9.97 Å². The predicted molar refractivity (Wildman–Crippen MR) is 26.8 cm³/mol. The number of rotatable bonds is 0. The Bertz CT molecular complexity index is 80.9. The highest BCUT2D eigenvalue weighted by molar-refractivity contribution is 7.30. The Labute approximate surface area is 41.6 Å². The Morgan fingerprint density at radius 2 is 1.71 bits per heavy atom. The van der Waals surface area contributed by atoms with E-state index in [0.717, 1.165) is 0 Å². The number of hydrogen-bond acceptors (Lipinski definition) is 2. The first-order valence-electron chi connectivity index (χ1n) is 1.25. The Morgan fingerprint density at radius 1 is 1.71 bits per heavy atom. The third-order valence-electron chi connectivity index (χ3n) is 0. The molecule has 0 aliphatic carbocycles. The zero-order valence-corrected chi connectivity index (χ0v) is 4.51. The third-order valence-corrected chi connectivity index (χ3v) is 0. The molecule has 0 spiro atoms. The van der Waals surface area contributed by atoms with Crippen LogP contribution in [0.4, 0.5) is 0 Å². The molecule has 4 nitrogen and oxygen atoms in total. The van der Waals surface area contributed by atoms with E-state index in [1.165, 1.54) is 0 Å². The van der Waals surface area contributed by atoms with Gasteiger partial charge >= 0.3 is 8.25 Å². The van der Waals surface area contributed by atoms with Crippen molar-refractivity contribution in [1.29, 1.82) is 5.41 Å². The molecule has 0 aliphatic heterocycles.